The fourth-order valence-electron chi connectivity index (χ4n) is 2.60. The third-order valence-corrected chi connectivity index (χ3v) is 6.64. The number of allylic oxidation sites excluding steroid dienone is 1. The fourth-order valence-corrected chi connectivity index (χ4v) is 4.63. The van der Waals surface area contributed by atoms with Crippen molar-refractivity contribution in [3.05, 3.63) is 64.8 Å². The lowest BCUT2D eigenvalue weighted by atomic mass is 10.2. The highest BCUT2D eigenvalue weighted by atomic mass is 35.5. The molecule has 3 rings (SSSR count). The van der Waals surface area contributed by atoms with Gasteiger partial charge in [-0.25, -0.2) is 4.98 Å². The van der Waals surface area contributed by atoms with Gasteiger partial charge in [-0.2, -0.15) is 0 Å². The first-order valence-electron chi connectivity index (χ1n) is 8.90. The second kappa shape index (κ2) is 10.3. The molecule has 0 aliphatic rings. The molecule has 0 radical (unpaired) electrons. The van der Waals surface area contributed by atoms with E-state index < -0.39 is 0 Å². The molecule has 0 atom stereocenters. The van der Waals surface area contributed by atoms with Gasteiger partial charge in [0.05, 0.1) is 21.5 Å². The standard InChI is InChI=1S/C20H19Cl2N5OS2/c1-4-8-26-13(3)24-25-20(26)30-12-18(28)27(9-5-2)19-23-17(11-29-19)14-6-7-15(21)16(22)10-14/h4-7,10-11H,1-2,8-9,12H2,3H3. The van der Waals surface area contributed by atoms with Crippen molar-refractivity contribution in [2.45, 2.75) is 18.6 Å². The van der Waals surface area contributed by atoms with Gasteiger partial charge in [0.15, 0.2) is 10.3 Å². The van der Waals surface area contributed by atoms with Crippen LogP contribution in [0.4, 0.5) is 5.13 Å². The van der Waals surface area contributed by atoms with E-state index in [9.17, 15) is 4.79 Å². The maximum absolute atomic E-state index is 12.9. The Morgan fingerprint density at radius 1 is 1.27 bits per heavy atom. The molecule has 2 aromatic heterocycles. The molecule has 156 valence electrons. The van der Waals surface area contributed by atoms with Crippen LogP contribution < -0.4 is 4.90 Å². The molecule has 6 nitrogen and oxygen atoms in total. The molecule has 10 heteroatoms. The van der Waals surface area contributed by atoms with Crippen molar-refractivity contribution in [3.8, 4) is 11.3 Å². The molecular formula is C20H19Cl2N5OS2. The van der Waals surface area contributed by atoms with Crippen molar-refractivity contribution in [1.82, 2.24) is 19.7 Å². The van der Waals surface area contributed by atoms with Crippen molar-refractivity contribution in [2.24, 2.45) is 0 Å². The zero-order chi connectivity index (χ0) is 21.7. The molecule has 0 saturated heterocycles. The van der Waals surface area contributed by atoms with E-state index in [1.54, 1.807) is 29.2 Å². The second-order valence-corrected chi connectivity index (χ2v) is 8.75. The van der Waals surface area contributed by atoms with Crippen LogP contribution >= 0.6 is 46.3 Å². The number of benzene rings is 1. The van der Waals surface area contributed by atoms with E-state index >= 15 is 0 Å². The van der Waals surface area contributed by atoms with E-state index in [0.717, 1.165) is 17.1 Å². The number of amides is 1. The number of hydrogen-bond donors (Lipinski definition) is 0. The fraction of sp³-hybridized carbons (Fsp3) is 0.200. The maximum atomic E-state index is 12.9. The number of nitrogens with zero attached hydrogens (tertiary/aromatic N) is 5. The van der Waals surface area contributed by atoms with Gasteiger partial charge in [-0.1, -0.05) is 53.2 Å². The van der Waals surface area contributed by atoms with Crippen LogP contribution in [0.1, 0.15) is 5.82 Å². The van der Waals surface area contributed by atoms with E-state index in [2.05, 4.69) is 28.3 Å². The molecule has 3 aromatic rings. The van der Waals surface area contributed by atoms with Gasteiger partial charge in [0.1, 0.15) is 5.82 Å². The van der Waals surface area contributed by atoms with Crippen LogP contribution in [0.15, 0.2) is 54.0 Å². The van der Waals surface area contributed by atoms with Crippen LogP contribution in [-0.4, -0.2) is 38.0 Å². The molecule has 0 spiro atoms. The number of carbonyl (C=O) groups is 1. The van der Waals surface area contributed by atoms with Crippen LogP contribution in [-0.2, 0) is 11.3 Å². The number of aryl methyl sites for hydroxylation is 1. The zero-order valence-corrected chi connectivity index (χ0v) is 19.4. The van der Waals surface area contributed by atoms with E-state index in [1.165, 1.54) is 23.1 Å². The van der Waals surface area contributed by atoms with Crippen LogP contribution in [0.25, 0.3) is 11.3 Å². The first-order chi connectivity index (χ1) is 14.4. The van der Waals surface area contributed by atoms with Gasteiger partial charge in [-0.05, 0) is 19.1 Å². The quantitative estimate of drug-likeness (QED) is 0.298. The summed E-state index contributed by atoms with van der Waals surface area (Å²) in [5.74, 6) is 0.880. The molecule has 1 aromatic carbocycles. The molecule has 0 N–H and O–H groups in total. The summed E-state index contributed by atoms with van der Waals surface area (Å²) in [7, 11) is 0. The predicted molar refractivity (Wildman–Crippen MR) is 126 cm³/mol. The SMILES string of the molecule is C=CCN(C(=O)CSc1nnc(C)n1CC=C)c1nc(-c2ccc(Cl)c(Cl)c2)cs1. The molecule has 0 unspecified atom stereocenters. The molecule has 0 aliphatic carbocycles. The summed E-state index contributed by atoms with van der Waals surface area (Å²) in [6.45, 7) is 10.3. The average Bonchev–Trinajstić information content (AvgIpc) is 3.34. The summed E-state index contributed by atoms with van der Waals surface area (Å²) in [5, 5.41) is 12.3. The van der Waals surface area contributed by atoms with Gasteiger partial charge in [0, 0.05) is 24.0 Å². The highest BCUT2D eigenvalue weighted by molar-refractivity contribution is 7.99. The molecule has 0 fully saturated rings. The zero-order valence-electron chi connectivity index (χ0n) is 16.2. The molecule has 2 heterocycles. The number of anilines is 1. The van der Waals surface area contributed by atoms with Gasteiger partial charge in [-0.3, -0.25) is 9.69 Å². The third-order valence-electron chi connectivity index (χ3n) is 4.09. The number of thioether (sulfide) groups is 1. The van der Waals surface area contributed by atoms with Gasteiger partial charge in [-0.15, -0.1) is 34.7 Å². The van der Waals surface area contributed by atoms with Crippen LogP contribution in [0.2, 0.25) is 10.0 Å². The monoisotopic (exact) mass is 479 g/mol. The smallest absolute Gasteiger partial charge is 0.239 e. The summed E-state index contributed by atoms with van der Waals surface area (Å²) in [6.07, 6.45) is 3.44. The summed E-state index contributed by atoms with van der Waals surface area (Å²) in [5.41, 5.74) is 1.56. The summed E-state index contributed by atoms with van der Waals surface area (Å²) in [6, 6.07) is 5.33. The predicted octanol–water partition coefficient (Wildman–Crippen LogP) is 5.51. The highest BCUT2D eigenvalue weighted by Crippen LogP contribution is 2.32. The molecule has 0 saturated carbocycles. The van der Waals surface area contributed by atoms with Gasteiger partial charge in [0.2, 0.25) is 5.91 Å². The number of halogens is 2. The molecule has 1 amide bonds. The summed E-state index contributed by atoms with van der Waals surface area (Å²) in [4.78, 5) is 19.2. The Morgan fingerprint density at radius 3 is 2.77 bits per heavy atom. The van der Waals surface area contributed by atoms with Gasteiger partial charge < -0.3 is 4.57 Å². The van der Waals surface area contributed by atoms with Crippen molar-refractivity contribution in [3.63, 3.8) is 0 Å². The summed E-state index contributed by atoms with van der Waals surface area (Å²) < 4.78 is 1.91. The normalized spacial score (nSPS) is 10.8. The number of carbonyl (C=O) groups excluding carboxylic acids is 1. The van der Waals surface area contributed by atoms with Crippen molar-refractivity contribution >= 4 is 57.3 Å². The van der Waals surface area contributed by atoms with E-state index in [4.69, 9.17) is 23.2 Å². The van der Waals surface area contributed by atoms with E-state index in [0.29, 0.717) is 33.4 Å². The lowest BCUT2D eigenvalue weighted by Gasteiger charge is -2.17. The maximum Gasteiger partial charge on any atom is 0.239 e. The van der Waals surface area contributed by atoms with E-state index in [1.807, 2.05) is 22.9 Å². The Hall–Kier alpha value is -2.13. The van der Waals surface area contributed by atoms with Crippen LogP contribution in [0, 0.1) is 6.92 Å². The first-order valence-corrected chi connectivity index (χ1v) is 11.5. The van der Waals surface area contributed by atoms with Gasteiger partial charge in [0.25, 0.3) is 0 Å². The molecule has 0 bridgehead atoms. The van der Waals surface area contributed by atoms with Crippen LogP contribution in [0.3, 0.4) is 0 Å². The lowest BCUT2D eigenvalue weighted by molar-refractivity contribution is -0.116. The second-order valence-electron chi connectivity index (χ2n) is 6.15. The average molecular weight is 480 g/mol. The largest absolute Gasteiger partial charge is 0.302 e. The minimum atomic E-state index is -0.0965. The number of aromatic nitrogens is 4. The van der Waals surface area contributed by atoms with Crippen molar-refractivity contribution in [1.29, 1.82) is 0 Å². The number of thiazole rings is 1. The molecule has 30 heavy (non-hydrogen) atoms. The number of hydrogen-bond acceptors (Lipinski definition) is 6. The minimum absolute atomic E-state index is 0.0965. The van der Waals surface area contributed by atoms with E-state index in [-0.39, 0.29) is 11.7 Å². The number of rotatable bonds is 9. The minimum Gasteiger partial charge on any atom is -0.302 e. The Balaban J connectivity index is 1.76. The first kappa shape index (κ1) is 22.6. The molecular weight excluding hydrogens is 461 g/mol. The van der Waals surface area contributed by atoms with Crippen LogP contribution in [0.5, 0.6) is 0 Å². The Morgan fingerprint density at radius 2 is 2.07 bits per heavy atom. The molecule has 0 aliphatic heterocycles. The third kappa shape index (κ3) is 5.13. The Kier molecular flexibility index (Phi) is 7.71. The van der Waals surface area contributed by atoms with Crippen molar-refractivity contribution < 1.29 is 4.79 Å². The Labute approximate surface area is 193 Å². The lowest BCUT2D eigenvalue weighted by Crippen LogP contribution is -2.32. The Bertz CT molecular complexity index is 1080. The van der Waals surface area contributed by atoms with Gasteiger partial charge >= 0.3 is 0 Å². The summed E-state index contributed by atoms with van der Waals surface area (Å²) >= 11 is 14.8. The topological polar surface area (TPSA) is 63.9 Å². The van der Waals surface area contributed by atoms with Crippen molar-refractivity contribution in [2.75, 3.05) is 17.2 Å². The highest BCUT2D eigenvalue weighted by Gasteiger charge is 2.20.